The minimum absolute atomic E-state index is 0.0228. The van der Waals surface area contributed by atoms with Gasteiger partial charge in [-0.05, 0) is 48.6 Å². The van der Waals surface area contributed by atoms with Crippen molar-refractivity contribution in [1.29, 1.82) is 0 Å². The number of Topliss-reactive ketones (excluding diaryl/α,β-unsaturated/α-hetero) is 1. The molecule has 2 aromatic rings. The second kappa shape index (κ2) is 8.18. The number of carbonyl (C=O) groups is 3. The maximum atomic E-state index is 13.2. The number of hydrogen-bond acceptors (Lipinski definition) is 4. The van der Waals surface area contributed by atoms with Crippen molar-refractivity contribution in [3.05, 3.63) is 77.0 Å². The van der Waals surface area contributed by atoms with Crippen molar-refractivity contribution in [3.8, 4) is 0 Å². The predicted molar refractivity (Wildman–Crippen MR) is 108 cm³/mol. The van der Waals surface area contributed by atoms with Gasteiger partial charge in [0.25, 0.3) is 5.91 Å². The molecule has 2 aliphatic rings. The van der Waals surface area contributed by atoms with Gasteiger partial charge in [-0.2, -0.15) is 0 Å². The topological polar surface area (TPSA) is 79.4 Å². The molecule has 154 valence electrons. The molecule has 3 heterocycles. The van der Waals surface area contributed by atoms with Crippen LogP contribution in [-0.2, 0) is 29.0 Å². The third kappa shape index (κ3) is 4.15. The molecule has 0 aliphatic carbocycles. The number of piperidine rings is 1. The quantitative estimate of drug-likeness (QED) is 0.799. The molecule has 1 N–H and O–H groups in total. The second-order valence-electron chi connectivity index (χ2n) is 7.75. The first kappa shape index (κ1) is 19.9. The van der Waals surface area contributed by atoms with Gasteiger partial charge in [0, 0.05) is 36.8 Å². The molecule has 1 unspecified atom stereocenters. The van der Waals surface area contributed by atoms with Gasteiger partial charge in [-0.1, -0.05) is 18.7 Å². The number of amides is 2. The highest BCUT2D eigenvalue weighted by Crippen LogP contribution is 2.29. The van der Waals surface area contributed by atoms with E-state index in [2.05, 4.69) is 16.9 Å². The summed E-state index contributed by atoms with van der Waals surface area (Å²) in [5, 5.41) is 2.73. The van der Waals surface area contributed by atoms with Crippen LogP contribution >= 0.6 is 0 Å². The smallest absolute Gasteiger partial charge is 0.255 e. The zero-order chi connectivity index (χ0) is 21.3. The number of hydrogen-bond donors (Lipinski definition) is 1. The Hall–Kier alpha value is -3.35. The van der Waals surface area contributed by atoms with Gasteiger partial charge in [0.05, 0.1) is 5.69 Å². The van der Waals surface area contributed by atoms with Crippen LogP contribution in [0.5, 0.6) is 0 Å². The zero-order valence-electron chi connectivity index (χ0n) is 16.5. The number of allylic oxidation sites excluding steroid dienone is 1. The Morgan fingerprint density at radius 3 is 2.87 bits per heavy atom. The van der Waals surface area contributed by atoms with E-state index in [1.807, 2.05) is 12.1 Å². The van der Waals surface area contributed by atoms with E-state index in [0.29, 0.717) is 49.2 Å². The van der Waals surface area contributed by atoms with E-state index in [1.54, 1.807) is 11.0 Å². The van der Waals surface area contributed by atoms with E-state index in [-0.39, 0.29) is 24.0 Å². The highest BCUT2D eigenvalue weighted by atomic mass is 19.1. The third-order valence-corrected chi connectivity index (χ3v) is 5.55. The van der Waals surface area contributed by atoms with E-state index in [1.165, 1.54) is 18.3 Å². The molecule has 1 aromatic heterocycles. The average molecular weight is 407 g/mol. The van der Waals surface area contributed by atoms with E-state index in [0.717, 1.165) is 11.1 Å². The highest BCUT2D eigenvalue weighted by molar-refractivity contribution is 6.01. The van der Waals surface area contributed by atoms with Crippen molar-refractivity contribution in [3.63, 3.8) is 0 Å². The maximum absolute atomic E-state index is 13.2. The number of rotatable bonds is 6. The van der Waals surface area contributed by atoms with Crippen molar-refractivity contribution in [2.24, 2.45) is 0 Å². The van der Waals surface area contributed by atoms with Crippen LogP contribution in [0.1, 0.15) is 46.4 Å². The number of aryl methyl sites for hydroxylation is 1. The van der Waals surface area contributed by atoms with Crippen LogP contribution in [0.4, 0.5) is 4.39 Å². The number of aromatic nitrogens is 1. The van der Waals surface area contributed by atoms with E-state index >= 15 is 0 Å². The van der Waals surface area contributed by atoms with Gasteiger partial charge in [-0.15, -0.1) is 0 Å². The summed E-state index contributed by atoms with van der Waals surface area (Å²) in [6.07, 6.45) is 3.51. The molecule has 2 aliphatic heterocycles. The van der Waals surface area contributed by atoms with Crippen molar-refractivity contribution >= 4 is 17.6 Å². The fraction of sp³-hybridized carbons (Fsp3) is 0.304. The number of benzene rings is 1. The van der Waals surface area contributed by atoms with Crippen molar-refractivity contribution in [2.45, 2.75) is 44.7 Å². The van der Waals surface area contributed by atoms with Crippen molar-refractivity contribution in [1.82, 2.24) is 15.2 Å². The Bertz CT molecular complexity index is 1050. The molecule has 30 heavy (non-hydrogen) atoms. The van der Waals surface area contributed by atoms with Gasteiger partial charge < -0.3 is 10.2 Å². The Labute approximate surface area is 173 Å². The molecule has 1 saturated heterocycles. The van der Waals surface area contributed by atoms with Crippen LogP contribution in [0, 0.1) is 5.82 Å². The SMILES string of the molecule is C=C1CCC(N2Cc3cc(CCC(=O)Cc4cc(F)ccn4)ccc3C2=O)C(=O)N1. The minimum atomic E-state index is -0.487. The number of nitrogens with zero attached hydrogens (tertiary/aromatic N) is 2. The van der Waals surface area contributed by atoms with Gasteiger partial charge >= 0.3 is 0 Å². The fourth-order valence-corrected chi connectivity index (χ4v) is 3.98. The van der Waals surface area contributed by atoms with Crippen LogP contribution in [-0.4, -0.2) is 33.5 Å². The monoisotopic (exact) mass is 407 g/mol. The van der Waals surface area contributed by atoms with Gasteiger partial charge in [-0.25, -0.2) is 4.39 Å². The third-order valence-electron chi connectivity index (χ3n) is 5.55. The average Bonchev–Trinajstić information content (AvgIpc) is 3.02. The first-order chi connectivity index (χ1) is 14.4. The molecular weight excluding hydrogens is 385 g/mol. The lowest BCUT2D eigenvalue weighted by Crippen LogP contribution is -2.49. The molecule has 7 heteroatoms. The number of pyridine rings is 1. The lowest BCUT2D eigenvalue weighted by atomic mass is 10.0. The van der Waals surface area contributed by atoms with Crippen molar-refractivity contribution < 1.29 is 18.8 Å². The molecule has 1 fully saturated rings. The number of carbonyl (C=O) groups excluding carboxylic acids is 3. The normalized spacial score (nSPS) is 18.4. The standard InChI is InChI=1S/C23H22FN3O3/c1-14-2-7-21(22(29)26-14)27-13-16-10-15(4-6-20(16)23(27)30)3-5-19(28)12-18-11-17(24)8-9-25-18/h4,6,8-11,21H,1-3,5,7,12-13H2,(H,26,29). The first-order valence-corrected chi connectivity index (χ1v) is 9.94. The molecule has 0 bridgehead atoms. The lowest BCUT2D eigenvalue weighted by molar-refractivity contribution is -0.126. The first-order valence-electron chi connectivity index (χ1n) is 9.94. The van der Waals surface area contributed by atoms with E-state index < -0.39 is 11.9 Å². The Morgan fingerprint density at radius 2 is 2.10 bits per heavy atom. The molecular formula is C23H22FN3O3. The molecule has 0 saturated carbocycles. The van der Waals surface area contributed by atoms with E-state index in [4.69, 9.17) is 0 Å². The van der Waals surface area contributed by atoms with Gasteiger partial charge in [0.15, 0.2) is 0 Å². The maximum Gasteiger partial charge on any atom is 0.255 e. The van der Waals surface area contributed by atoms with Crippen LogP contribution in [0.15, 0.2) is 48.8 Å². The van der Waals surface area contributed by atoms with Crippen LogP contribution < -0.4 is 5.32 Å². The van der Waals surface area contributed by atoms with Crippen LogP contribution in [0.25, 0.3) is 0 Å². The molecule has 0 radical (unpaired) electrons. The Kier molecular flexibility index (Phi) is 5.44. The fourth-order valence-electron chi connectivity index (χ4n) is 3.98. The number of halogens is 1. The van der Waals surface area contributed by atoms with Crippen molar-refractivity contribution in [2.75, 3.05) is 0 Å². The van der Waals surface area contributed by atoms with Crippen LogP contribution in [0.3, 0.4) is 0 Å². The summed E-state index contributed by atoms with van der Waals surface area (Å²) in [7, 11) is 0. The summed E-state index contributed by atoms with van der Waals surface area (Å²) in [4.78, 5) is 42.9. The summed E-state index contributed by atoms with van der Waals surface area (Å²) in [5.74, 6) is -0.760. The molecule has 2 amide bonds. The zero-order valence-corrected chi connectivity index (χ0v) is 16.5. The molecule has 4 rings (SSSR count). The predicted octanol–water partition coefficient (Wildman–Crippen LogP) is 2.71. The summed E-state index contributed by atoms with van der Waals surface area (Å²) >= 11 is 0. The van der Waals surface area contributed by atoms with E-state index in [9.17, 15) is 18.8 Å². The summed E-state index contributed by atoms with van der Waals surface area (Å²) < 4.78 is 13.2. The van der Waals surface area contributed by atoms with Gasteiger partial charge in [0.1, 0.15) is 17.6 Å². The lowest BCUT2D eigenvalue weighted by Gasteiger charge is -2.30. The molecule has 1 aromatic carbocycles. The van der Waals surface area contributed by atoms with Gasteiger partial charge in [0.2, 0.25) is 5.91 Å². The largest absolute Gasteiger partial charge is 0.329 e. The minimum Gasteiger partial charge on any atom is -0.329 e. The number of ketones is 1. The molecule has 0 spiro atoms. The van der Waals surface area contributed by atoms with Gasteiger partial charge in [-0.3, -0.25) is 19.4 Å². The number of nitrogens with one attached hydrogen (secondary N) is 1. The molecule has 6 nitrogen and oxygen atoms in total. The number of fused-ring (bicyclic) bond motifs is 1. The highest BCUT2D eigenvalue weighted by Gasteiger charge is 2.38. The second-order valence-corrected chi connectivity index (χ2v) is 7.75. The summed E-state index contributed by atoms with van der Waals surface area (Å²) in [6, 6.07) is 7.57. The molecule has 1 atom stereocenters. The summed E-state index contributed by atoms with van der Waals surface area (Å²) in [6.45, 7) is 4.16. The van der Waals surface area contributed by atoms with Crippen LogP contribution in [0.2, 0.25) is 0 Å². The Morgan fingerprint density at radius 1 is 1.27 bits per heavy atom. The Balaban J connectivity index is 1.38. The summed E-state index contributed by atoms with van der Waals surface area (Å²) in [5.41, 5.74) is 3.52.